The van der Waals surface area contributed by atoms with Crippen LogP contribution in [0.1, 0.15) is 45.4 Å². The molecule has 6 heteroatoms. The van der Waals surface area contributed by atoms with E-state index >= 15 is 0 Å². The molecule has 1 atom stereocenters. The summed E-state index contributed by atoms with van der Waals surface area (Å²) in [6, 6.07) is 0. The van der Waals surface area contributed by atoms with Gasteiger partial charge in [0.25, 0.3) is 0 Å². The molecule has 1 aliphatic heterocycles. The van der Waals surface area contributed by atoms with Crippen LogP contribution in [0.3, 0.4) is 0 Å². The number of ether oxygens (including phenoxy) is 1. The number of aliphatic hydroxyl groups excluding tert-OH is 1. The van der Waals surface area contributed by atoms with Crippen molar-refractivity contribution >= 4 is 0 Å². The van der Waals surface area contributed by atoms with Gasteiger partial charge in [0.2, 0.25) is 6.41 Å². The summed E-state index contributed by atoms with van der Waals surface area (Å²) in [5, 5.41) is 9.90. The molecule has 1 saturated heterocycles. The fourth-order valence-corrected chi connectivity index (χ4v) is 2.82. The van der Waals surface area contributed by atoms with Crippen molar-refractivity contribution in [3.05, 3.63) is 0 Å². The Morgan fingerprint density at radius 1 is 1.32 bits per heavy atom. The van der Waals surface area contributed by atoms with Crippen molar-refractivity contribution in [1.82, 2.24) is 4.90 Å². The van der Waals surface area contributed by atoms with E-state index in [-0.39, 0.29) is 12.8 Å². The van der Waals surface area contributed by atoms with Crippen LogP contribution in [0.4, 0.5) is 13.2 Å². The van der Waals surface area contributed by atoms with Crippen LogP contribution in [-0.2, 0) is 4.74 Å². The smallest absolute Gasteiger partial charge is 0.356 e. The molecule has 112 valence electrons. The minimum atomic E-state index is -4.39. The van der Waals surface area contributed by atoms with Crippen molar-refractivity contribution in [1.29, 1.82) is 0 Å². The van der Waals surface area contributed by atoms with E-state index in [1.165, 1.54) is 0 Å². The summed E-state index contributed by atoms with van der Waals surface area (Å²) in [7, 11) is 0. The van der Waals surface area contributed by atoms with Gasteiger partial charge >= 0.3 is 6.18 Å². The molecule has 3 nitrogen and oxygen atoms in total. The Labute approximate surface area is 111 Å². The lowest BCUT2D eigenvalue weighted by atomic mass is 9.79. The van der Waals surface area contributed by atoms with E-state index in [9.17, 15) is 18.3 Å². The molecule has 2 rings (SSSR count). The van der Waals surface area contributed by atoms with Crippen LogP contribution >= 0.6 is 0 Å². The minimum absolute atomic E-state index is 0.0427. The average molecular weight is 281 g/mol. The van der Waals surface area contributed by atoms with E-state index in [0.717, 1.165) is 19.3 Å². The fourth-order valence-electron chi connectivity index (χ4n) is 2.82. The average Bonchev–Trinajstić information content (AvgIpc) is 2.32. The normalized spacial score (nSPS) is 27.0. The second-order valence-corrected chi connectivity index (χ2v) is 5.68. The summed E-state index contributed by atoms with van der Waals surface area (Å²) in [5.74, 6) is 0.615. The number of piperidine rings is 1. The van der Waals surface area contributed by atoms with E-state index in [2.05, 4.69) is 6.92 Å². The zero-order chi connectivity index (χ0) is 14.1. The first-order chi connectivity index (χ1) is 8.88. The van der Waals surface area contributed by atoms with Gasteiger partial charge in [0.05, 0.1) is 0 Å². The lowest BCUT2D eigenvalue weighted by Gasteiger charge is -2.46. The van der Waals surface area contributed by atoms with Crippen molar-refractivity contribution in [3.63, 3.8) is 0 Å². The van der Waals surface area contributed by atoms with Gasteiger partial charge in [0.15, 0.2) is 5.60 Å². The first kappa shape index (κ1) is 15.1. The van der Waals surface area contributed by atoms with Gasteiger partial charge in [-0.1, -0.05) is 13.3 Å². The lowest BCUT2D eigenvalue weighted by Crippen LogP contribution is -2.58. The molecule has 1 saturated carbocycles. The van der Waals surface area contributed by atoms with Crippen LogP contribution in [0.5, 0.6) is 0 Å². The Hall–Kier alpha value is -0.330. The molecule has 0 amide bonds. The number of likely N-dealkylation sites (tertiary alicyclic amines) is 1. The molecule has 19 heavy (non-hydrogen) atoms. The zero-order valence-electron chi connectivity index (χ0n) is 11.2. The highest BCUT2D eigenvalue weighted by Crippen LogP contribution is 2.48. The predicted molar refractivity (Wildman–Crippen MR) is 64.3 cm³/mol. The first-order valence-corrected chi connectivity index (χ1v) is 7.04. The second-order valence-electron chi connectivity index (χ2n) is 5.68. The van der Waals surface area contributed by atoms with Gasteiger partial charge < -0.3 is 9.84 Å². The number of aliphatic hydroxyl groups is 1. The highest BCUT2D eigenvalue weighted by Gasteiger charge is 2.61. The maximum Gasteiger partial charge on any atom is 0.417 e. The minimum Gasteiger partial charge on any atom is -0.356 e. The summed E-state index contributed by atoms with van der Waals surface area (Å²) in [4.78, 5) is 1.61. The van der Waals surface area contributed by atoms with Gasteiger partial charge in [0.1, 0.15) is 0 Å². The quantitative estimate of drug-likeness (QED) is 0.804. The van der Waals surface area contributed by atoms with E-state index in [4.69, 9.17) is 4.74 Å². The van der Waals surface area contributed by atoms with Gasteiger partial charge in [-0.2, -0.15) is 13.2 Å². The Bertz CT molecular complexity index is 297. The molecule has 0 radical (unpaired) electrons. The maximum absolute atomic E-state index is 12.9. The summed E-state index contributed by atoms with van der Waals surface area (Å²) in [5.41, 5.74) is -2.12. The number of nitrogens with zero attached hydrogens (tertiary/aromatic N) is 1. The SMILES string of the molecule is CCC1CCN(C(O)OC2(C(F)(F)F)CCC2)CC1. The number of alkyl halides is 3. The van der Waals surface area contributed by atoms with Gasteiger partial charge in [-0.15, -0.1) is 0 Å². The fraction of sp³-hybridized carbons (Fsp3) is 1.00. The molecule has 1 aliphatic carbocycles. The molecular weight excluding hydrogens is 259 g/mol. The second kappa shape index (κ2) is 5.58. The van der Waals surface area contributed by atoms with E-state index in [1.54, 1.807) is 4.90 Å². The summed E-state index contributed by atoms with van der Waals surface area (Å²) in [6.07, 6.45) is -2.50. The molecular formula is C13H22F3NO2. The third-order valence-corrected chi connectivity index (χ3v) is 4.55. The van der Waals surface area contributed by atoms with E-state index in [1.807, 2.05) is 0 Å². The molecule has 0 bridgehead atoms. The standard InChI is InChI=1S/C13H22F3NO2/c1-2-10-4-8-17(9-5-10)11(18)19-12(6-3-7-12)13(14,15)16/h10-11,18H,2-9H2,1H3. The van der Waals surface area contributed by atoms with Gasteiger partial charge in [-0.05, 0) is 38.0 Å². The van der Waals surface area contributed by atoms with Crippen LogP contribution in [0.25, 0.3) is 0 Å². The van der Waals surface area contributed by atoms with Crippen LogP contribution in [0.2, 0.25) is 0 Å². The molecule has 2 aliphatic rings. The summed E-state index contributed by atoms with van der Waals surface area (Å²) < 4.78 is 43.8. The number of rotatable bonds is 4. The molecule has 1 heterocycles. The highest BCUT2D eigenvalue weighted by molar-refractivity contribution is 4.96. The van der Waals surface area contributed by atoms with Crippen molar-refractivity contribution in [2.75, 3.05) is 13.1 Å². The lowest BCUT2D eigenvalue weighted by molar-refractivity contribution is -0.364. The van der Waals surface area contributed by atoms with Crippen molar-refractivity contribution in [3.8, 4) is 0 Å². The van der Waals surface area contributed by atoms with E-state index < -0.39 is 18.2 Å². The zero-order valence-corrected chi connectivity index (χ0v) is 11.2. The molecule has 1 N–H and O–H groups in total. The third-order valence-electron chi connectivity index (χ3n) is 4.55. The van der Waals surface area contributed by atoms with Crippen LogP contribution in [0, 0.1) is 5.92 Å². The summed E-state index contributed by atoms with van der Waals surface area (Å²) in [6.45, 7) is 3.32. The van der Waals surface area contributed by atoms with E-state index in [0.29, 0.717) is 25.4 Å². The summed E-state index contributed by atoms with van der Waals surface area (Å²) >= 11 is 0. The topological polar surface area (TPSA) is 32.7 Å². The Morgan fingerprint density at radius 2 is 1.89 bits per heavy atom. The number of hydrogen-bond donors (Lipinski definition) is 1. The maximum atomic E-state index is 12.9. The van der Waals surface area contributed by atoms with Crippen molar-refractivity contribution in [2.45, 2.75) is 63.6 Å². The molecule has 1 unspecified atom stereocenters. The third kappa shape index (κ3) is 3.06. The van der Waals surface area contributed by atoms with Gasteiger partial charge in [-0.25, -0.2) is 0 Å². The number of halogens is 3. The van der Waals surface area contributed by atoms with Crippen LogP contribution < -0.4 is 0 Å². The van der Waals surface area contributed by atoms with Gasteiger partial charge in [0, 0.05) is 13.1 Å². The Balaban J connectivity index is 1.89. The molecule has 0 aromatic carbocycles. The first-order valence-electron chi connectivity index (χ1n) is 7.04. The van der Waals surface area contributed by atoms with Crippen LogP contribution in [0.15, 0.2) is 0 Å². The largest absolute Gasteiger partial charge is 0.417 e. The highest BCUT2D eigenvalue weighted by atomic mass is 19.4. The molecule has 2 fully saturated rings. The Morgan fingerprint density at radius 3 is 2.26 bits per heavy atom. The Kier molecular flexibility index (Phi) is 4.42. The predicted octanol–water partition coefficient (Wildman–Crippen LogP) is 2.89. The monoisotopic (exact) mass is 281 g/mol. The van der Waals surface area contributed by atoms with Crippen molar-refractivity contribution < 1.29 is 23.0 Å². The van der Waals surface area contributed by atoms with Crippen molar-refractivity contribution in [2.24, 2.45) is 5.92 Å². The molecule has 0 aromatic rings. The number of hydrogen-bond acceptors (Lipinski definition) is 3. The van der Waals surface area contributed by atoms with Crippen LogP contribution in [-0.4, -0.2) is 41.3 Å². The molecule has 0 aromatic heterocycles. The molecule has 0 spiro atoms. The van der Waals surface area contributed by atoms with Gasteiger partial charge in [-0.3, -0.25) is 4.90 Å².